The minimum absolute atomic E-state index is 0.272. The molecule has 0 radical (unpaired) electrons. The predicted molar refractivity (Wildman–Crippen MR) is 129 cm³/mol. The molecule has 0 aliphatic carbocycles. The van der Waals surface area contributed by atoms with Crippen LogP contribution in [0.1, 0.15) is 21.5 Å². The molecular formula is C25H24ClN3O4. The number of hydrogen-bond acceptors (Lipinski definition) is 6. The van der Waals surface area contributed by atoms with Gasteiger partial charge in [-0.3, -0.25) is 9.78 Å². The molecular weight excluding hydrogens is 442 g/mol. The van der Waals surface area contributed by atoms with E-state index in [2.05, 4.69) is 22.1 Å². The van der Waals surface area contributed by atoms with Crippen molar-refractivity contribution in [3.8, 4) is 17.2 Å². The third kappa shape index (κ3) is 6.82. The lowest BCUT2D eigenvalue weighted by atomic mass is 10.1. The number of ether oxygens (including phenoxy) is 3. The van der Waals surface area contributed by atoms with Gasteiger partial charge in [0.2, 0.25) is 0 Å². The summed E-state index contributed by atoms with van der Waals surface area (Å²) in [7, 11) is 1.52. The van der Waals surface area contributed by atoms with Crippen molar-refractivity contribution in [1.29, 1.82) is 0 Å². The summed E-state index contributed by atoms with van der Waals surface area (Å²) in [5.74, 6) is 1.29. The second-order valence-electron chi connectivity index (χ2n) is 6.77. The van der Waals surface area contributed by atoms with Gasteiger partial charge in [0, 0.05) is 18.0 Å². The number of amides is 1. The van der Waals surface area contributed by atoms with Crippen LogP contribution < -0.4 is 19.6 Å². The number of para-hydroxylation sites is 1. The van der Waals surface area contributed by atoms with Crippen molar-refractivity contribution in [1.82, 2.24) is 10.4 Å². The molecule has 3 aromatic rings. The number of aromatic nitrogens is 1. The van der Waals surface area contributed by atoms with Crippen molar-refractivity contribution >= 4 is 23.7 Å². The summed E-state index contributed by atoms with van der Waals surface area (Å²) in [6.45, 7) is 4.37. The molecule has 0 spiro atoms. The summed E-state index contributed by atoms with van der Waals surface area (Å²) in [6, 6.07) is 14.4. The van der Waals surface area contributed by atoms with Gasteiger partial charge < -0.3 is 14.2 Å². The number of methoxy groups -OCH3 is 1. The molecule has 7 nitrogen and oxygen atoms in total. The van der Waals surface area contributed by atoms with Crippen molar-refractivity contribution in [2.45, 2.75) is 6.42 Å². The van der Waals surface area contributed by atoms with Crippen molar-refractivity contribution in [2.75, 3.05) is 20.3 Å². The van der Waals surface area contributed by atoms with Crippen LogP contribution in [-0.2, 0) is 6.42 Å². The Morgan fingerprint density at radius 2 is 1.88 bits per heavy atom. The molecule has 1 amide bonds. The minimum atomic E-state index is -0.346. The second kappa shape index (κ2) is 12.3. The molecule has 1 aromatic heterocycles. The quantitative estimate of drug-likeness (QED) is 0.192. The molecule has 0 bridgehead atoms. The van der Waals surface area contributed by atoms with Gasteiger partial charge in [0.1, 0.15) is 19.0 Å². The van der Waals surface area contributed by atoms with Crippen LogP contribution in [0.25, 0.3) is 0 Å². The van der Waals surface area contributed by atoms with E-state index in [-0.39, 0.29) is 12.5 Å². The van der Waals surface area contributed by atoms with Crippen molar-refractivity contribution in [3.05, 3.63) is 95.3 Å². The standard InChI is InChI=1S/C25H24ClN3O4/c1-3-6-19-7-4-5-8-22(19)32-13-14-33-24-21(26)15-18(16-23(24)31-2)17-28-29-25(30)20-9-11-27-12-10-20/h3-5,7-12,15-17H,1,6,13-14H2,2H3,(H,29,30). The van der Waals surface area contributed by atoms with E-state index in [9.17, 15) is 4.79 Å². The number of hydrazone groups is 1. The van der Waals surface area contributed by atoms with E-state index in [1.165, 1.54) is 25.7 Å². The van der Waals surface area contributed by atoms with Gasteiger partial charge >= 0.3 is 0 Å². The number of halogens is 1. The normalized spacial score (nSPS) is 10.6. The van der Waals surface area contributed by atoms with Crippen LogP contribution in [0.2, 0.25) is 5.02 Å². The first-order chi connectivity index (χ1) is 16.1. The molecule has 0 atom stereocenters. The summed E-state index contributed by atoms with van der Waals surface area (Å²) in [5.41, 5.74) is 4.60. The first-order valence-electron chi connectivity index (χ1n) is 10.2. The number of carbonyl (C=O) groups is 1. The predicted octanol–water partition coefficient (Wildman–Crippen LogP) is 4.69. The van der Waals surface area contributed by atoms with Crippen molar-refractivity contribution in [2.24, 2.45) is 5.10 Å². The topological polar surface area (TPSA) is 82.0 Å². The highest BCUT2D eigenvalue weighted by molar-refractivity contribution is 6.32. The average Bonchev–Trinajstić information content (AvgIpc) is 2.84. The Bertz CT molecular complexity index is 1120. The Kier molecular flexibility index (Phi) is 8.85. The lowest BCUT2D eigenvalue weighted by Gasteiger charge is -2.14. The number of rotatable bonds is 11. The van der Waals surface area contributed by atoms with Gasteiger partial charge in [0.05, 0.1) is 18.3 Å². The van der Waals surface area contributed by atoms with Crippen molar-refractivity contribution < 1.29 is 19.0 Å². The molecule has 0 saturated carbocycles. The minimum Gasteiger partial charge on any atom is -0.493 e. The van der Waals surface area contributed by atoms with E-state index in [4.69, 9.17) is 25.8 Å². The van der Waals surface area contributed by atoms with E-state index in [0.29, 0.717) is 34.3 Å². The highest BCUT2D eigenvalue weighted by Gasteiger charge is 2.12. The third-order valence-corrected chi connectivity index (χ3v) is 4.78. The number of allylic oxidation sites excluding steroid dienone is 1. The molecule has 0 saturated heterocycles. The van der Waals surface area contributed by atoms with Crippen LogP contribution in [0, 0.1) is 0 Å². The molecule has 3 rings (SSSR count). The summed E-state index contributed by atoms with van der Waals surface area (Å²) in [4.78, 5) is 15.9. The van der Waals surface area contributed by atoms with Crippen LogP contribution in [-0.4, -0.2) is 37.4 Å². The largest absolute Gasteiger partial charge is 0.493 e. The molecule has 170 valence electrons. The summed E-state index contributed by atoms with van der Waals surface area (Å²) >= 11 is 6.40. The zero-order valence-electron chi connectivity index (χ0n) is 18.2. The number of pyridine rings is 1. The highest BCUT2D eigenvalue weighted by Crippen LogP contribution is 2.36. The molecule has 0 aliphatic heterocycles. The number of nitrogens with zero attached hydrogens (tertiary/aromatic N) is 2. The van der Waals surface area contributed by atoms with Gasteiger partial charge in [-0.15, -0.1) is 6.58 Å². The maximum Gasteiger partial charge on any atom is 0.271 e. The van der Waals surface area contributed by atoms with E-state index < -0.39 is 0 Å². The molecule has 2 aromatic carbocycles. The first-order valence-corrected chi connectivity index (χ1v) is 10.6. The van der Waals surface area contributed by atoms with Gasteiger partial charge in [0.15, 0.2) is 11.5 Å². The zero-order chi connectivity index (χ0) is 23.5. The molecule has 0 unspecified atom stereocenters. The van der Waals surface area contributed by atoms with Gasteiger partial charge in [-0.25, -0.2) is 5.43 Å². The number of benzene rings is 2. The second-order valence-corrected chi connectivity index (χ2v) is 7.17. The summed E-state index contributed by atoms with van der Waals surface area (Å²) in [6.07, 6.45) is 7.10. The number of hydrogen-bond donors (Lipinski definition) is 1. The van der Waals surface area contributed by atoms with E-state index in [1.807, 2.05) is 30.3 Å². The third-order valence-electron chi connectivity index (χ3n) is 4.50. The molecule has 1 heterocycles. The fraction of sp³-hybridized carbons (Fsp3) is 0.160. The maximum atomic E-state index is 12.0. The molecule has 0 aliphatic rings. The molecule has 8 heteroatoms. The fourth-order valence-corrected chi connectivity index (χ4v) is 3.23. The van der Waals surface area contributed by atoms with Gasteiger partial charge in [-0.05, 0) is 47.9 Å². The average molecular weight is 466 g/mol. The van der Waals surface area contributed by atoms with Crippen LogP contribution in [0.5, 0.6) is 17.2 Å². The Hall–Kier alpha value is -3.84. The molecule has 0 fully saturated rings. The van der Waals surface area contributed by atoms with Crippen LogP contribution in [0.3, 0.4) is 0 Å². The Morgan fingerprint density at radius 3 is 2.64 bits per heavy atom. The lowest BCUT2D eigenvalue weighted by Crippen LogP contribution is -2.17. The lowest BCUT2D eigenvalue weighted by molar-refractivity contribution is 0.0955. The Balaban J connectivity index is 1.58. The number of nitrogens with one attached hydrogen (secondary N) is 1. The van der Waals surface area contributed by atoms with E-state index in [1.54, 1.807) is 24.3 Å². The maximum absolute atomic E-state index is 12.0. The van der Waals surface area contributed by atoms with Crippen LogP contribution in [0.15, 0.2) is 78.7 Å². The summed E-state index contributed by atoms with van der Waals surface area (Å²) < 4.78 is 17.1. The van der Waals surface area contributed by atoms with E-state index >= 15 is 0 Å². The Morgan fingerprint density at radius 1 is 1.12 bits per heavy atom. The van der Waals surface area contributed by atoms with Gasteiger partial charge in [0.25, 0.3) is 5.91 Å². The highest BCUT2D eigenvalue weighted by atomic mass is 35.5. The zero-order valence-corrected chi connectivity index (χ0v) is 18.9. The summed E-state index contributed by atoms with van der Waals surface area (Å²) in [5, 5.41) is 4.32. The number of carbonyl (C=O) groups excluding carboxylic acids is 1. The first kappa shape index (κ1) is 23.8. The Labute approximate surface area is 197 Å². The molecule has 33 heavy (non-hydrogen) atoms. The van der Waals surface area contributed by atoms with Gasteiger partial charge in [-0.2, -0.15) is 5.10 Å². The van der Waals surface area contributed by atoms with Crippen LogP contribution in [0.4, 0.5) is 0 Å². The SMILES string of the molecule is C=CCc1ccccc1OCCOc1c(Cl)cc(C=NNC(=O)c2ccncc2)cc1OC. The van der Waals surface area contributed by atoms with Crippen molar-refractivity contribution in [3.63, 3.8) is 0 Å². The fourth-order valence-electron chi connectivity index (χ4n) is 2.95. The van der Waals surface area contributed by atoms with Crippen LogP contribution >= 0.6 is 11.6 Å². The van der Waals surface area contributed by atoms with Gasteiger partial charge in [-0.1, -0.05) is 35.9 Å². The monoisotopic (exact) mass is 465 g/mol. The molecule has 1 N–H and O–H groups in total. The van der Waals surface area contributed by atoms with E-state index in [0.717, 1.165) is 17.7 Å². The smallest absolute Gasteiger partial charge is 0.271 e.